The van der Waals surface area contributed by atoms with E-state index in [0.717, 1.165) is 22.0 Å². The summed E-state index contributed by atoms with van der Waals surface area (Å²) >= 11 is 7.39. The third-order valence-corrected chi connectivity index (χ3v) is 5.68. The van der Waals surface area contributed by atoms with Gasteiger partial charge < -0.3 is 10.2 Å². The molecule has 1 aromatic carbocycles. The van der Waals surface area contributed by atoms with Crippen molar-refractivity contribution in [1.82, 2.24) is 15.3 Å². The van der Waals surface area contributed by atoms with Crippen LogP contribution >= 0.6 is 22.9 Å². The molecule has 4 rings (SSSR count). The SMILES string of the molecule is O=C(NCc1nc(-c2ccncc2)cs1)C1CC(=O)N(c2ccc(Cl)cc2)C1. The summed E-state index contributed by atoms with van der Waals surface area (Å²) in [6, 6.07) is 10.8. The van der Waals surface area contributed by atoms with Crippen molar-refractivity contribution in [3.63, 3.8) is 0 Å². The first-order chi connectivity index (χ1) is 13.6. The molecule has 1 N–H and O–H groups in total. The average Bonchev–Trinajstić information content (AvgIpc) is 3.34. The van der Waals surface area contributed by atoms with E-state index in [0.29, 0.717) is 18.1 Å². The summed E-state index contributed by atoms with van der Waals surface area (Å²) in [5.41, 5.74) is 2.61. The number of hydrogen-bond donors (Lipinski definition) is 1. The molecule has 1 fully saturated rings. The van der Waals surface area contributed by atoms with Crippen LogP contribution in [0.4, 0.5) is 5.69 Å². The highest BCUT2D eigenvalue weighted by molar-refractivity contribution is 7.09. The maximum absolute atomic E-state index is 12.5. The minimum atomic E-state index is -0.372. The molecule has 0 spiro atoms. The lowest BCUT2D eigenvalue weighted by molar-refractivity contribution is -0.126. The largest absolute Gasteiger partial charge is 0.349 e. The highest BCUT2D eigenvalue weighted by atomic mass is 35.5. The van der Waals surface area contributed by atoms with E-state index in [4.69, 9.17) is 11.6 Å². The molecule has 0 radical (unpaired) electrons. The molecule has 0 aliphatic carbocycles. The third-order valence-electron chi connectivity index (χ3n) is 4.58. The zero-order valence-corrected chi connectivity index (χ0v) is 16.4. The molecule has 0 bridgehead atoms. The summed E-state index contributed by atoms with van der Waals surface area (Å²) in [4.78, 5) is 35.0. The van der Waals surface area contributed by atoms with Gasteiger partial charge in [-0.25, -0.2) is 4.98 Å². The van der Waals surface area contributed by atoms with Crippen molar-refractivity contribution in [3.05, 3.63) is 64.2 Å². The summed E-state index contributed by atoms with van der Waals surface area (Å²) in [6.07, 6.45) is 3.65. The van der Waals surface area contributed by atoms with E-state index in [9.17, 15) is 9.59 Å². The Morgan fingerprint density at radius 3 is 2.71 bits per heavy atom. The summed E-state index contributed by atoms with van der Waals surface area (Å²) in [5, 5.41) is 6.29. The molecule has 28 heavy (non-hydrogen) atoms. The van der Waals surface area contributed by atoms with E-state index in [-0.39, 0.29) is 24.2 Å². The monoisotopic (exact) mass is 412 g/mol. The van der Waals surface area contributed by atoms with Crippen molar-refractivity contribution in [2.24, 2.45) is 5.92 Å². The van der Waals surface area contributed by atoms with Crippen LogP contribution in [0.1, 0.15) is 11.4 Å². The molecule has 1 atom stereocenters. The number of benzene rings is 1. The number of carbonyl (C=O) groups excluding carboxylic acids is 2. The fourth-order valence-corrected chi connectivity index (χ4v) is 3.98. The highest BCUT2D eigenvalue weighted by Crippen LogP contribution is 2.27. The van der Waals surface area contributed by atoms with Gasteiger partial charge in [0.1, 0.15) is 5.01 Å². The summed E-state index contributed by atoms with van der Waals surface area (Å²) in [6.45, 7) is 0.715. The van der Waals surface area contributed by atoms with Crippen LogP contribution in [0.2, 0.25) is 5.02 Å². The molecule has 1 aliphatic rings. The van der Waals surface area contributed by atoms with Crippen LogP contribution in [0.3, 0.4) is 0 Å². The molecule has 1 saturated heterocycles. The summed E-state index contributed by atoms with van der Waals surface area (Å²) < 4.78 is 0. The number of aromatic nitrogens is 2. The van der Waals surface area contributed by atoms with Gasteiger partial charge in [0.25, 0.3) is 0 Å². The summed E-state index contributed by atoms with van der Waals surface area (Å²) in [7, 11) is 0. The van der Waals surface area contributed by atoms with Gasteiger partial charge in [-0.05, 0) is 36.4 Å². The van der Waals surface area contributed by atoms with Gasteiger partial charge in [-0.1, -0.05) is 11.6 Å². The molecular weight excluding hydrogens is 396 g/mol. The lowest BCUT2D eigenvalue weighted by atomic mass is 10.1. The first kappa shape index (κ1) is 18.6. The van der Waals surface area contributed by atoms with Gasteiger partial charge in [-0.3, -0.25) is 14.6 Å². The number of pyridine rings is 1. The Kier molecular flexibility index (Phi) is 5.36. The van der Waals surface area contributed by atoms with E-state index < -0.39 is 0 Å². The Morgan fingerprint density at radius 1 is 1.21 bits per heavy atom. The van der Waals surface area contributed by atoms with Gasteiger partial charge in [-0.15, -0.1) is 11.3 Å². The number of halogens is 1. The van der Waals surface area contributed by atoms with Crippen molar-refractivity contribution >= 4 is 40.4 Å². The van der Waals surface area contributed by atoms with Crippen LogP contribution in [0, 0.1) is 5.92 Å². The Balaban J connectivity index is 1.35. The van der Waals surface area contributed by atoms with Crippen LogP contribution in [-0.4, -0.2) is 28.3 Å². The van der Waals surface area contributed by atoms with E-state index in [1.54, 1.807) is 41.6 Å². The average molecular weight is 413 g/mol. The third kappa shape index (κ3) is 4.05. The topological polar surface area (TPSA) is 75.2 Å². The van der Waals surface area contributed by atoms with Gasteiger partial charge in [0, 0.05) is 47.0 Å². The molecule has 142 valence electrons. The fourth-order valence-electron chi connectivity index (χ4n) is 3.11. The summed E-state index contributed by atoms with van der Waals surface area (Å²) in [5.74, 6) is -0.565. The number of rotatable bonds is 5. The quantitative estimate of drug-likeness (QED) is 0.695. The Morgan fingerprint density at radius 2 is 1.96 bits per heavy atom. The molecule has 0 saturated carbocycles. The molecule has 2 amide bonds. The Hall–Kier alpha value is -2.77. The van der Waals surface area contributed by atoms with E-state index in [2.05, 4.69) is 15.3 Å². The minimum absolute atomic E-state index is 0.0586. The van der Waals surface area contributed by atoms with Crippen LogP contribution in [0.15, 0.2) is 54.2 Å². The predicted octanol–water partition coefficient (Wildman–Crippen LogP) is 3.53. The fraction of sp³-hybridized carbons (Fsp3) is 0.200. The first-order valence-electron chi connectivity index (χ1n) is 8.78. The molecule has 1 unspecified atom stereocenters. The van der Waals surface area contributed by atoms with E-state index >= 15 is 0 Å². The second-order valence-corrected chi connectivity index (χ2v) is 7.84. The highest BCUT2D eigenvalue weighted by Gasteiger charge is 2.35. The van der Waals surface area contributed by atoms with Crippen molar-refractivity contribution in [1.29, 1.82) is 0 Å². The molecule has 6 nitrogen and oxygen atoms in total. The molecule has 8 heteroatoms. The Bertz CT molecular complexity index is 991. The number of amides is 2. The molecule has 3 aromatic rings. The Labute approximate surface area is 171 Å². The number of carbonyl (C=O) groups is 2. The van der Waals surface area contributed by atoms with E-state index in [1.165, 1.54) is 11.3 Å². The van der Waals surface area contributed by atoms with Crippen molar-refractivity contribution < 1.29 is 9.59 Å². The molecule has 2 aromatic heterocycles. The maximum Gasteiger partial charge on any atom is 0.227 e. The standard InChI is InChI=1S/C20H17ClN4O2S/c21-15-1-3-16(4-2-15)25-11-14(9-19(25)26)20(27)23-10-18-24-17(12-28-18)13-5-7-22-8-6-13/h1-8,12,14H,9-11H2,(H,23,27). The second-order valence-electron chi connectivity index (χ2n) is 6.46. The van der Waals surface area contributed by atoms with E-state index in [1.807, 2.05) is 17.5 Å². The van der Waals surface area contributed by atoms with Crippen molar-refractivity contribution in [2.45, 2.75) is 13.0 Å². The number of anilines is 1. The first-order valence-corrected chi connectivity index (χ1v) is 10.0. The van der Waals surface area contributed by atoms with Crippen molar-refractivity contribution in [2.75, 3.05) is 11.4 Å². The number of hydrogen-bond acceptors (Lipinski definition) is 5. The minimum Gasteiger partial charge on any atom is -0.349 e. The van der Waals surface area contributed by atoms with Crippen LogP contribution in [0.25, 0.3) is 11.3 Å². The van der Waals surface area contributed by atoms with Crippen LogP contribution < -0.4 is 10.2 Å². The zero-order chi connectivity index (χ0) is 19.5. The van der Waals surface area contributed by atoms with Crippen molar-refractivity contribution in [3.8, 4) is 11.3 Å². The predicted molar refractivity (Wildman–Crippen MR) is 109 cm³/mol. The molecular formula is C20H17ClN4O2S. The lowest BCUT2D eigenvalue weighted by Crippen LogP contribution is -2.32. The number of thiazole rings is 1. The van der Waals surface area contributed by atoms with Gasteiger partial charge in [0.05, 0.1) is 18.2 Å². The molecule has 3 heterocycles. The lowest BCUT2D eigenvalue weighted by Gasteiger charge is -2.16. The van der Waals surface area contributed by atoms with Crippen LogP contribution in [0.5, 0.6) is 0 Å². The molecule has 1 aliphatic heterocycles. The zero-order valence-electron chi connectivity index (χ0n) is 14.8. The smallest absolute Gasteiger partial charge is 0.227 e. The van der Waals surface area contributed by atoms with Gasteiger partial charge in [-0.2, -0.15) is 0 Å². The van der Waals surface area contributed by atoms with Gasteiger partial charge in [0.15, 0.2) is 0 Å². The number of nitrogens with one attached hydrogen (secondary N) is 1. The number of nitrogens with zero attached hydrogens (tertiary/aromatic N) is 3. The second kappa shape index (κ2) is 8.08. The van der Waals surface area contributed by atoms with Crippen LogP contribution in [-0.2, 0) is 16.1 Å². The normalized spacial score (nSPS) is 16.4. The maximum atomic E-state index is 12.5. The van der Waals surface area contributed by atoms with Gasteiger partial charge >= 0.3 is 0 Å². The van der Waals surface area contributed by atoms with Gasteiger partial charge in [0.2, 0.25) is 11.8 Å².